The standard InChI is InChI=1S/C9H9Cl2NO2/c1-2-3-6-4-7(10)5-8(11)9(6)12(13)14/h4-5H,2-3H2,1H3. The van der Waals surface area contributed by atoms with Crippen LogP contribution in [0.3, 0.4) is 0 Å². The van der Waals surface area contributed by atoms with Gasteiger partial charge in [-0.15, -0.1) is 0 Å². The van der Waals surface area contributed by atoms with E-state index in [0.29, 0.717) is 17.0 Å². The first-order valence-corrected chi connectivity index (χ1v) is 4.94. The molecule has 14 heavy (non-hydrogen) atoms. The third-order valence-corrected chi connectivity index (χ3v) is 2.32. The van der Waals surface area contributed by atoms with Crippen molar-refractivity contribution in [1.29, 1.82) is 0 Å². The minimum absolute atomic E-state index is 0.0297. The second kappa shape index (κ2) is 4.62. The Labute approximate surface area is 91.8 Å². The highest BCUT2D eigenvalue weighted by Gasteiger charge is 2.18. The molecule has 0 fully saturated rings. The van der Waals surface area contributed by atoms with Gasteiger partial charge in [0.15, 0.2) is 0 Å². The molecule has 0 unspecified atom stereocenters. The molecule has 5 heteroatoms. The molecule has 0 saturated heterocycles. The number of nitro benzene ring substituents is 1. The van der Waals surface area contributed by atoms with Crippen molar-refractivity contribution in [1.82, 2.24) is 0 Å². The van der Waals surface area contributed by atoms with Gasteiger partial charge in [-0.2, -0.15) is 0 Å². The van der Waals surface area contributed by atoms with Crippen LogP contribution >= 0.6 is 23.2 Å². The lowest BCUT2D eigenvalue weighted by atomic mass is 10.1. The molecule has 0 aliphatic rings. The Morgan fingerprint density at radius 1 is 1.43 bits per heavy atom. The van der Waals surface area contributed by atoms with E-state index in [-0.39, 0.29) is 10.7 Å². The molecule has 0 amide bonds. The Kier molecular flexibility index (Phi) is 3.72. The molecular weight excluding hydrogens is 225 g/mol. The van der Waals surface area contributed by atoms with Crippen LogP contribution in [-0.2, 0) is 6.42 Å². The van der Waals surface area contributed by atoms with Crippen molar-refractivity contribution in [3.05, 3.63) is 37.9 Å². The predicted molar refractivity (Wildman–Crippen MR) is 57.1 cm³/mol. The summed E-state index contributed by atoms with van der Waals surface area (Å²) in [4.78, 5) is 10.2. The minimum atomic E-state index is -0.469. The smallest absolute Gasteiger partial charge is 0.258 e. The van der Waals surface area contributed by atoms with Crippen molar-refractivity contribution < 1.29 is 4.92 Å². The average Bonchev–Trinajstić information content (AvgIpc) is 2.01. The molecule has 0 spiro atoms. The molecule has 0 bridgehead atoms. The first kappa shape index (κ1) is 11.3. The second-order valence-electron chi connectivity index (χ2n) is 2.90. The maximum Gasteiger partial charge on any atom is 0.291 e. The van der Waals surface area contributed by atoms with Crippen LogP contribution < -0.4 is 0 Å². The average molecular weight is 234 g/mol. The lowest BCUT2D eigenvalue weighted by Gasteiger charge is -2.03. The van der Waals surface area contributed by atoms with E-state index in [0.717, 1.165) is 6.42 Å². The monoisotopic (exact) mass is 233 g/mol. The van der Waals surface area contributed by atoms with Gasteiger partial charge in [0.2, 0.25) is 0 Å². The highest BCUT2D eigenvalue weighted by Crippen LogP contribution is 2.32. The number of rotatable bonds is 3. The van der Waals surface area contributed by atoms with Crippen LogP contribution in [0, 0.1) is 10.1 Å². The fraction of sp³-hybridized carbons (Fsp3) is 0.333. The van der Waals surface area contributed by atoms with E-state index in [1.54, 1.807) is 6.07 Å². The zero-order valence-electron chi connectivity index (χ0n) is 7.59. The Balaban J connectivity index is 3.28. The number of nitro groups is 1. The number of aryl methyl sites for hydroxylation is 1. The number of benzene rings is 1. The van der Waals surface area contributed by atoms with Crippen molar-refractivity contribution in [3.8, 4) is 0 Å². The van der Waals surface area contributed by atoms with E-state index >= 15 is 0 Å². The zero-order valence-corrected chi connectivity index (χ0v) is 9.10. The Hall–Kier alpha value is -0.800. The molecule has 1 aromatic carbocycles. The maximum atomic E-state index is 10.7. The Bertz CT molecular complexity index is 366. The molecular formula is C9H9Cl2NO2. The summed E-state index contributed by atoms with van der Waals surface area (Å²) < 4.78 is 0. The molecule has 0 radical (unpaired) electrons. The summed E-state index contributed by atoms with van der Waals surface area (Å²) in [6.45, 7) is 1.94. The molecule has 76 valence electrons. The lowest BCUT2D eigenvalue weighted by Crippen LogP contribution is -1.96. The summed E-state index contributed by atoms with van der Waals surface area (Å²) >= 11 is 11.5. The molecule has 1 rings (SSSR count). The summed E-state index contributed by atoms with van der Waals surface area (Å²) in [5.41, 5.74) is 0.563. The van der Waals surface area contributed by atoms with Gasteiger partial charge in [-0.25, -0.2) is 0 Å². The lowest BCUT2D eigenvalue weighted by molar-refractivity contribution is -0.385. The van der Waals surface area contributed by atoms with E-state index in [2.05, 4.69) is 0 Å². The van der Waals surface area contributed by atoms with Gasteiger partial charge in [-0.1, -0.05) is 36.5 Å². The fourth-order valence-corrected chi connectivity index (χ4v) is 1.89. The Morgan fingerprint density at radius 3 is 2.57 bits per heavy atom. The van der Waals surface area contributed by atoms with Crippen LogP contribution in [0.25, 0.3) is 0 Å². The van der Waals surface area contributed by atoms with E-state index in [1.165, 1.54) is 6.07 Å². The fourth-order valence-electron chi connectivity index (χ4n) is 1.28. The first-order valence-electron chi connectivity index (χ1n) is 4.18. The third kappa shape index (κ3) is 2.36. The van der Waals surface area contributed by atoms with Gasteiger partial charge in [-0.3, -0.25) is 10.1 Å². The maximum absolute atomic E-state index is 10.7. The summed E-state index contributed by atoms with van der Waals surface area (Å²) in [7, 11) is 0. The predicted octanol–water partition coefficient (Wildman–Crippen LogP) is 3.85. The first-order chi connectivity index (χ1) is 6.56. The highest BCUT2D eigenvalue weighted by molar-refractivity contribution is 6.36. The van der Waals surface area contributed by atoms with Gasteiger partial charge in [0, 0.05) is 10.6 Å². The van der Waals surface area contributed by atoms with Crippen LogP contribution in [-0.4, -0.2) is 4.92 Å². The zero-order chi connectivity index (χ0) is 10.7. The summed E-state index contributed by atoms with van der Waals surface area (Å²) in [5, 5.41) is 11.2. The van der Waals surface area contributed by atoms with Gasteiger partial charge in [0.1, 0.15) is 5.02 Å². The van der Waals surface area contributed by atoms with E-state index < -0.39 is 4.92 Å². The largest absolute Gasteiger partial charge is 0.291 e. The molecule has 0 aliphatic heterocycles. The number of hydrogen-bond acceptors (Lipinski definition) is 2. The summed E-state index contributed by atoms with van der Waals surface area (Å²) in [6, 6.07) is 2.98. The van der Waals surface area contributed by atoms with Gasteiger partial charge in [0.25, 0.3) is 5.69 Å². The molecule has 0 N–H and O–H groups in total. The van der Waals surface area contributed by atoms with Gasteiger partial charge < -0.3 is 0 Å². The SMILES string of the molecule is CCCc1cc(Cl)cc(Cl)c1[N+](=O)[O-]. The quantitative estimate of drug-likeness (QED) is 0.588. The second-order valence-corrected chi connectivity index (χ2v) is 3.75. The molecule has 0 atom stereocenters. The molecule has 3 nitrogen and oxygen atoms in total. The van der Waals surface area contributed by atoms with E-state index in [9.17, 15) is 10.1 Å². The van der Waals surface area contributed by atoms with Crippen molar-refractivity contribution >= 4 is 28.9 Å². The van der Waals surface area contributed by atoms with E-state index in [1.807, 2.05) is 6.92 Å². The number of halogens is 2. The molecule has 0 aromatic heterocycles. The van der Waals surface area contributed by atoms with Gasteiger partial charge in [-0.05, 0) is 18.6 Å². The van der Waals surface area contributed by atoms with Gasteiger partial charge >= 0.3 is 0 Å². The Morgan fingerprint density at radius 2 is 2.07 bits per heavy atom. The molecule has 0 heterocycles. The topological polar surface area (TPSA) is 43.1 Å². The van der Waals surface area contributed by atoms with Gasteiger partial charge in [0.05, 0.1) is 4.92 Å². The van der Waals surface area contributed by atoms with Crippen LogP contribution in [0.1, 0.15) is 18.9 Å². The molecule has 0 saturated carbocycles. The summed E-state index contributed by atoms with van der Waals surface area (Å²) in [6.07, 6.45) is 1.42. The summed E-state index contributed by atoms with van der Waals surface area (Å²) in [5.74, 6) is 0. The van der Waals surface area contributed by atoms with Crippen LogP contribution in [0.2, 0.25) is 10.0 Å². The normalized spacial score (nSPS) is 10.2. The van der Waals surface area contributed by atoms with E-state index in [4.69, 9.17) is 23.2 Å². The van der Waals surface area contributed by atoms with Crippen LogP contribution in [0.4, 0.5) is 5.69 Å². The minimum Gasteiger partial charge on any atom is -0.258 e. The van der Waals surface area contributed by atoms with Crippen LogP contribution in [0.5, 0.6) is 0 Å². The third-order valence-electron chi connectivity index (χ3n) is 1.81. The van der Waals surface area contributed by atoms with Crippen molar-refractivity contribution in [2.24, 2.45) is 0 Å². The molecule has 0 aliphatic carbocycles. The number of hydrogen-bond donors (Lipinski definition) is 0. The highest BCUT2D eigenvalue weighted by atomic mass is 35.5. The van der Waals surface area contributed by atoms with Crippen molar-refractivity contribution in [3.63, 3.8) is 0 Å². The van der Waals surface area contributed by atoms with Crippen molar-refractivity contribution in [2.75, 3.05) is 0 Å². The van der Waals surface area contributed by atoms with Crippen molar-refractivity contribution in [2.45, 2.75) is 19.8 Å². The number of nitrogens with zero attached hydrogens (tertiary/aromatic N) is 1. The van der Waals surface area contributed by atoms with Crippen LogP contribution in [0.15, 0.2) is 12.1 Å². The molecule has 1 aromatic rings.